The molecule has 8 heteroatoms. The molecule has 0 fully saturated rings. The molecule has 152 valence electrons. The average molecular weight is 400 g/mol. The Hall–Kier alpha value is -2.48. The third kappa shape index (κ3) is 5.28. The van der Waals surface area contributed by atoms with Gasteiger partial charge in [-0.25, -0.2) is 8.78 Å². The average Bonchev–Trinajstić information content (AvgIpc) is 2.57. The van der Waals surface area contributed by atoms with Crippen LogP contribution >= 0.6 is 0 Å². The Morgan fingerprint density at radius 1 is 1.04 bits per heavy atom. The summed E-state index contributed by atoms with van der Waals surface area (Å²) >= 11 is 0. The second-order valence-corrected chi connectivity index (χ2v) is 6.94. The smallest absolute Gasteiger partial charge is 0.368 e. The molecule has 2 aromatic carbocycles. The predicted molar refractivity (Wildman–Crippen MR) is 96.2 cm³/mol. The Morgan fingerprint density at radius 3 is 2.00 bits per heavy atom. The molecule has 3 nitrogen and oxygen atoms in total. The summed E-state index contributed by atoms with van der Waals surface area (Å²) in [7, 11) is 0. The maximum absolute atomic E-state index is 13.9. The van der Waals surface area contributed by atoms with Gasteiger partial charge in [-0.3, -0.25) is 10.1 Å². The highest BCUT2D eigenvalue weighted by Crippen LogP contribution is 2.35. The first-order valence-electron chi connectivity index (χ1n) is 8.67. The van der Waals surface area contributed by atoms with Crippen molar-refractivity contribution in [3.63, 3.8) is 0 Å². The van der Waals surface area contributed by atoms with E-state index in [2.05, 4.69) is 5.32 Å². The molecular weight excluding hydrogens is 379 g/mol. The van der Waals surface area contributed by atoms with Gasteiger partial charge in [0, 0.05) is 0 Å². The van der Waals surface area contributed by atoms with Crippen molar-refractivity contribution in [2.45, 2.75) is 38.5 Å². The summed E-state index contributed by atoms with van der Waals surface area (Å²) in [6.07, 6.45) is -4.56. The molecule has 1 unspecified atom stereocenters. The van der Waals surface area contributed by atoms with E-state index >= 15 is 0 Å². The number of alkyl halides is 3. The minimum Gasteiger partial charge on any atom is -0.368 e. The van der Waals surface area contributed by atoms with E-state index in [1.807, 2.05) is 0 Å². The van der Waals surface area contributed by atoms with Crippen molar-refractivity contribution in [2.75, 3.05) is 0 Å². The van der Waals surface area contributed by atoms with Gasteiger partial charge in [0.2, 0.25) is 5.91 Å². The summed E-state index contributed by atoms with van der Waals surface area (Å²) in [5, 5.41) is 2.28. The van der Waals surface area contributed by atoms with Crippen LogP contribution in [0, 0.1) is 17.6 Å². The molecule has 0 bridgehead atoms. The molecule has 0 aliphatic rings. The number of amides is 1. The van der Waals surface area contributed by atoms with Crippen molar-refractivity contribution in [2.24, 2.45) is 11.7 Å². The largest absolute Gasteiger partial charge is 0.407 e. The van der Waals surface area contributed by atoms with Crippen LogP contribution in [0.4, 0.5) is 22.0 Å². The number of carbonyl (C=O) groups excluding carboxylic acids is 1. The van der Waals surface area contributed by atoms with E-state index < -0.39 is 35.8 Å². The minimum absolute atomic E-state index is 0.0507. The van der Waals surface area contributed by atoms with Gasteiger partial charge in [-0.05, 0) is 35.6 Å². The highest BCUT2D eigenvalue weighted by molar-refractivity contribution is 5.80. The number of primary amides is 1. The first kappa shape index (κ1) is 21.8. The van der Waals surface area contributed by atoms with Crippen molar-refractivity contribution in [3.05, 3.63) is 59.7 Å². The van der Waals surface area contributed by atoms with Crippen molar-refractivity contribution < 1.29 is 26.7 Å². The summed E-state index contributed by atoms with van der Waals surface area (Å²) in [6, 6.07) is 4.67. The molecule has 3 N–H and O–H groups in total. The monoisotopic (exact) mass is 400 g/mol. The molecule has 0 aliphatic heterocycles. The lowest BCUT2D eigenvalue weighted by atomic mass is 9.97. The fourth-order valence-electron chi connectivity index (χ4n) is 2.93. The molecule has 0 aromatic heterocycles. The molecule has 1 amide bonds. The number of benzene rings is 2. The van der Waals surface area contributed by atoms with Gasteiger partial charge in [-0.1, -0.05) is 44.2 Å². The van der Waals surface area contributed by atoms with Gasteiger partial charge in [-0.15, -0.1) is 0 Å². The van der Waals surface area contributed by atoms with E-state index in [9.17, 15) is 26.7 Å². The highest BCUT2D eigenvalue weighted by Gasteiger charge is 2.42. The van der Waals surface area contributed by atoms with Crippen molar-refractivity contribution in [3.8, 4) is 11.1 Å². The first-order valence-corrected chi connectivity index (χ1v) is 8.67. The number of hydrogen-bond acceptors (Lipinski definition) is 2. The maximum Gasteiger partial charge on any atom is 0.407 e. The summed E-state index contributed by atoms with van der Waals surface area (Å²) in [5.41, 5.74) is 4.83. The topological polar surface area (TPSA) is 55.1 Å². The normalized spacial score (nSPS) is 14.1. The van der Waals surface area contributed by atoms with Crippen molar-refractivity contribution in [1.82, 2.24) is 5.32 Å². The van der Waals surface area contributed by atoms with Crippen LogP contribution in [0.5, 0.6) is 0 Å². The molecular formula is C20H21F5N2O. The van der Waals surface area contributed by atoms with Crippen LogP contribution in [0.2, 0.25) is 0 Å². The fourth-order valence-corrected chi connectivity index (χ4v) is 2.93. The molecule has 0 saturated heterocycles. The van der Waals surface area contributed by atoms with Crippen LogP contribution in [-0.2, 0) is 4.79 Å². The highest BCUT2D eigenvalue weighted by atomic mass is 19.4. The summed E-state index contributed by atoms with van der Waals surface area (Å²) in [4.78, 5) is 11.6. The Bertz CT molecular complexity index is 798. The molecule has 2 aromatic rings. The number of hydrogen-bond donors (Lipinski definition) is 2. The third-order valence-electron chi connectivity index (χ3n) is 4.24. The molecule has 0 spiro atoms. The molecule has 0 heterocycles. The number of halogens is 5. The van der Waals surface area contributed by atoms with Gasteiger partial charge >= 0.3 is 6.18 Å². The van der Waals surface area contributed by atoms with Crippen LogP contribution in [0.25, 0.3) is 11.1 Å². The van der Waals surface area contributed by atoms with Crippen molar-refractivity contribution >= 4 is 5.91 Å². The second kappa shape index (κ2) is 8.68. The first-order chi connectivity index (χ1) is 13.0. The predicted octanol–water partition coefficient (Wildman–Crippen LogP) is 4.72. The Balaban J connectivity index is 2.36. The number of carbonyl (C=O) groups is 1. The summed E-state index contributed by atoms with van der Waals surface area (Å²) < 4.78 is 68.5. The van der Waals surface area contributed by atoms with E-state index in [-0.39, 0.29) is 29.0 Å². The van der Waals surface area contributed by atoms with Gasteiger partial charge in [0.1, 0.15) is 17.7 Å². The van der Waals surface area contributed by atoms with E-state index in [0.29, 0.717) is 0 Å². The van der Waals surface area contributed by atoms with E-state index in [0.717, 1.165) is 24.3 Å². The van der Waals surface area contributed by atoms with E-state index in [1.165, 1.54) is 18.2 Å². The van der Waals surface area contributed by atoms with Crippen LogP contribution < -0.4 is 11.1 Å². The lowest BCUT2D eigenvalue weighted by Crippen LogP contribution is -2.47. The van der Waals surface area contributed by atoms with Crippen LogP contribution in [0.3, 0.4) is 0 Å². The molecule has 0 saturated carbocycles. The second-order valence-electron chi connectivity index (χ2n) is 6.94. The van der Waals surface area contributed by atoms with Crippen LogP contribution in [0.1, 0.15) is 31.9 Å². The maximum atomic E-state index is 13.9. The fraction of sp³-hybridized carbons (Fsp3) is 0.350. The summed E-state index contributed by atoms with van der Waals surface area (Å²) in [6.45, 7) is 3.52. The van der Waals surface area contributed by atoms with Gasteiger partial charge in [0.25, 0.3) is 0 Å². The molecule has 0 radical (unpaired) electrons. The zero-order valence-corrected chi connectivity index (χ0v) is 15.4. The van der Waals surface area contributed by atoms with Gasteiger partial charge in [0.05, 0.1) is 11.6 Å². The van der Waals surface area contributed by atoms with Crippen LogP contribution in [0.15, 0.2) is 42.5 Å². The zero-order valence-electron chi connectivity index (χ0n) is 15.4. The van der Waals surface area contributed by atoms with E-state index in [4.69, 9.17) is 5.73 Å². The lowest BCUT2D eigenvalue weighted by molar-refractivity contribution is -0.160. The Morgan fingerprint density at radius 2 is 1.57 bits per heavy atom. The number of nitrogens with two attached hydrogens (primary N) is 1. The molecule has 2 rings (SSSR count). The van der Waals surface area contributed by atoms with Gasteiger partial charge in [0.15, 0.2) is 0 Å². The lowest BCUT2D eigenvalue weighted by Gasteiger charge is -2.27. The molecule has 28 heavy (non-hydrogen) atoms. The van der Waals surface area contributed by atoms with E-state index in [1.54, 1.807) is 13.8 Å². The number of nitrogens with one attached hydrogen (secondary N) is 1. The SMILES string of the molecule is CC(C)C[C@H](NC(c1ccc(-c2c(F)cccc2F)cc1)C(F)(F)F)C(N)=O. The van der Waals surface area contributed by atoms with Gasteiger partial charge < -0.3 is 5.73 Å². The Labute approximate surface area is 159 Å². The van der Waals surface area contributed by atoms with Crippen LogP contribution in [-0.4, -0.2) is 18.1 Å². The summed E-state index contributed by atoms with van der Waals surface area (Å²) in [5.74, 6) is -2.56. The standard InChI is InChI=1S/C20H21F5N2O/c1-11(2)10-16(19(26)28)27-18(20(23,24)25)13-8-6-12(7-9-13)17-14(21)4-3-5-15(17)22/h3-9,11,16,18,27H,10H2,1-2H3,(H2,26,28)/t16-,18?/m0/s1. The molecule has 2 atom stereocenters. The van der Waals surface area contributed by atoms with Crippen molar-refractivity contribution in [1.29, 1.82) is 0 Å². The number of rotatable bonds is 7. The molecule has 0 aliphatic carbocycles. The Kier molecular flexibility index (Phi) is 6.77. The van der Waals surface area contributed by atoms with Gasteiger partial charge in [-0.2, -0.15) is 13.2 Å². The zero-order chi connectivity index (χ0) is 21.1. The quantitative estimate of drug-likeness (QED) is 0.661. The minimum atomic E-state index is -4.70. The third-order valence-corrected chi connectivity index (χ3v) is 4.24.